The van der Waals surface area contributed by atoms with Crippen molar-refractivity contribution in [2.24, 2.45) is 0 Å². The Kier molecular flexibility index (Phi) is 5.05. The molecule has 2 N–H and O–H groups in total. The molecule has 1 heterocycles. The molecule has 0 aliphatic heterocycles. The summed E-state index contributed by atoms with van der Waals surface area (Å²) in [4.78, 5) is 11.9. The Morgan fingerprint density at radius 3 is 2.67 bits per heavy atom. The molecule has 0 aliphatic rings. The maximum atomic E-state index is 13.5. The molecule has 1 aromatic heterocycles. The van der Waals surface area contributed by atoms with Gasteiger partial charge in [-0.2, -0.15) is 18.3 Å². The second-order valence-corrected chi connectivity index (χ2v) is 4.99. The van der Waals surface area contributed by atoms with Crippen LogP contribution < -0.4 is 10.6 Å². The van der Waals surface area contributed by atoms with E-state index < -0.39 is 36.3 Å². The fourth-order valence-electron chi connectivity index (χ4n) is 1.83. The number of hydrogen-bond donors (Lipinski definition) is 2. The summed E-state index contributed by atoms with van der Waals surface area (Å²) in [6.45, 7) is 0.138. The average Bonchev–Trinajstić information content (AvgIpc) is 2.87. The molecule has 130 valence electrons. The molecular formula is C14H13F5N4O. The topological polar surface area (TPSA) is 59.0 Å². The molecule has 0 aliphatic carbocycles. The predicted octanol–water partition coefficient (Wildman–Crippen LogP) is 3.16. The van der Waals surface area contributed by atoms with Crippen molar-refractivity contribution in [3.63, 3.8) is 0 Å². The van der Waals surface area contributed by atoms with Crippen molar-refractivity contribution in [3.8, 4) is 0 Å². The number of nitrogens with zero attached hydrogens (tertiary/aromatic N) is 2. The number of carbonyl (C=O) groups is 1. The maximum absolute atomic E-state index is 13.5. The first-order valence-electron chi connectivity index (χ1n) is 6.77. The van der Waals surface area contributed by atoms with Crippen molar-refractivity contribution >= 4 is 17.4 Å². The monoisotopic (exact) mass is 348 g/mol. The van der Waals surface area contributed by atoms with Gasteiger partial charge >= 0.3 is 6.18 Å². The van der Waals surface area contributed by atoms with Crippen LogP contribution in [0.3, 0.4) is 0 Å². The molecule has 10 heteroatoms. The highest BCUT2D eigenvalue weighted by atomic mass is 19.4. The third-order valence-electron chi connectivity index (χ3n) is 2.93. The van der Waals surface area contributed by atoms with Crippen molar-refractivity contribution in [2.75, 3.05) is 10.6 Å². The first kappa shape index (κ1) is 17.7. The molecule has 24 heavy (non-hydrogen) atoms. The Morgan fingerprint density at radius 1 is 1.29 bits per heavy atom. The molecule has 2 rings (SSSR count). The van der Waals surface area contributed by atoms with E-state index in [9.17, 15) is 26.7 Å². The van der Waals surface area contributed by atoms with E-state index in [1.54, 1.807) is 0 Å². The van der Waals surface area contributed by atoms with Crippen molar-refractivity contribution in [2.45, 2.75) is 25.7 Å². The van der Waals surface area contributed by atoms with Gasteiger partial charge in [0.1, 0.15) is 30.0 Å². The molecule has 1 atom stereocenters. The number of amides is 1. The minimum absolute atomic E-state index is 0.0432. The third-order valence-corrected chi connectivity index (χ3v) is 2.93. The van der Waals surface area contributed by atoms with Crippen LogP contribution in [-0.2, 0) is 11.3 Å². The number of halogens is 5. The first-order chi connectivity index (χ1) is 11.1. The number of aromatic nitrogens is 2. The summed E-state index contributed by atoms with van der Waals surface area (Å²) in [5, 5.41) is 8.39. The lowest BCUT2D eigenvalue weighted by atomic mass is 10.2. The van der Waals surface area contributed by atoms with Crippen molar-refractivity contribution in [3.05, 3.63) is 42.1 Å². The van der Waals surface area contributed by atoms with Crippen LogP contribution in [0.5, 0.6) is 0 Å². The summed E-state index contributed by atoms with van der Waals surface area (Å²) in [6.07, 6.45) is -3.31. The minimum Gasteiger partial charge on any atom is -0.357 e. The number of benzene rings is 1. The Bertz CT molecular complexity index is 728. The molecule has 0 bridgehead atoms. The first-order valence-corrected chi connectivity index (χ1v) is 6.77. The van der Waals surface area contributed by atoms with Gasteiger partial charge in [-0.25, -0.2) is 8.78 Å². The molecule has 0 spiro atoms. The van der Waals surface area contributed by atoms with Crippen LogP contribution in [0.4, 0.5) is 33.5 Å². The Hall–Kier alpha value is -2.65. The number of alkyl halides is 3. The Morgan fingerprint density at radius 2 is 2.00 bits per heavy atom. The largest absolute Gasteiger partial charge is 0.408 e. The molecule has 0 fully saturated rings. The Balaban J connectivity index is 1.98. The number of hydrogen-bond acceptors (Lipinski definition) is 3. The quantitative estimate of drug-likeness (QED) is 0.816. The van der Waals surface area contributed by atoms with E-state index in [0.717, 1.165) is 24.4 Å². The number of nitrogens with one attached hydrogen (secondary N) is 2. The van der Waals surface area contributed by atoms with E-state index >= 15 is 0 Å². The lowest BCUT2D eigenvalue weighted by Crippen LogP contribution is -2.32. The highest BCUT2D eigenvalue weighted by Gasteiger charge is 2.28. The van der Waals surface area contributed by atoms with E-state index in [1.165, 1.54) is 13.0 Å². The lowest BCUT2D eigenvalue weighted by Gasteiger charge is -2.14. The zero-order valence-electron chi connectivity index (χ0n) is 12.4. The maximum Gasteiger partial charge on any atom is 0.408 e. The van der Waals surface area contributed by atoms with Gasteiger partial charge < -0.3 is 10.6 Å². The zero-order valence-corrected chi connectivity index (χ0v) is 12.4. The minimum atomic E-state index is -4.42. The van der Waals surface area contributed by atoms with Crippen molar-refractivity contribution in [1.82, 2.24) is 9.78 Å². The third kappa shape index (κ3) is 4.93. The predicted molar refractivity (Wildman–Crippen MR) is 76.4 cm³/mol. The molecule has 1 unspecified atom stereocenters. The van der Waals surface area contributed by atoms with Gasteiger partial charge in [-0.15, -0.1) is 0 Å². The van der Waals surface area contributed by atoms with Crippen LogP contribution in [0.1, 0.15) is 6.92 Å². The fourth-order valence-corrected chi connectivity index (χ4v) is 1.83. The van der Waals surface area contributed by atoms with Gasteiger partial charge in [0.2, 0.25) is 5.91 Å². The van der Waals surface area contributed by atoms with E-state index in [4.69, 9.17) is 0 Å². The van der Waals surface area contributed by atoms with Crippen LogP contribution in [-0.4, -0.2) is 27.9 Å². The van der Waals surface area contributed by atoms with Gasteiger partial charge in [0.05, 0.1) is 5.69 Å². The number of carbonyl (C=O) groups excluding carboxylic acids is 1. The molecular weight excluding hydrogens is 335 g/mol. The van der Waals surface area contributed by atoms with Gasteiger partial charge in [0.15, 0.2) is 0 Å². The van der Waals surface area contributed by atoms with Gasteiger partial charge in [-0.3, -0.25) is 9.48 Å². The van der Waals surface area contributed by atoms with Gasteiger partial charge in [0, 0.05) is 18.3 Å². The van der Waals surface area contributed by atoms with Crippen LogP contribution in [0.25, 0.3) is 0 Å². The smallest absolute Gasteiger partial charge is 0.357 e. The van der Waals surface area contributed by atoms with Crippen LogP contribution in [0.15, 0.2) is 30.5 Å². The summed E-state index contributed by atoms with van der Waals surface area (Å²) in [7, 11) is 0. The van der Waals surface area contributed by atoms with Crippen LogP contribution in [0, 0.1) is 11.6 Å². The van der Waals surface area contributed by atoms with Crippen molar-refractivity contribution < 1.29 is 26.7 Å². The van der Waals surface area contributed by atoms with E-state index in [-0.39, 0.29) is 11.5 Å². The summed E-state index contributed by atoms with van der Waals surface area (Å²) >= 11 is 0. The van der Waals surface area contributed by atoms with E-state index in [1.807, 2.05) is 0 Å². The fraction of sp³-hybridized carbons (Fsp3) is 0.286. The molecule has 2 aromatic rings. The SMILES string of the molecule is CC(Nc1ccn(CC(F)(F)F)n1)C(=O)Nc1cc(F)ccc1F. The van der Waals surface area contributed by atoms with Crippen molar-refractivity contribution in [1.29, 1.82) is 0 Å². The molecule has 1 aromatic carbocycles. The normalized spacial score (nSPS) is 12.8. The van der Waals surface area contributed by atoms with Crippen LogP contribution >= 0.6 is 0 Å². The van der Waals surface area contributed by atoms with Gasteiger partial charge in [-0.05, 0) is 19.1 Å². The molecule has 1 amide bonds. The van der Waals surface area contributed by atoms with Crippen LogP contribution in [0.2, 0.25) is 0 Å². The number of rotatable bonds is 5. The molecule has 0 saturated heterocycles. The second-order valence-electron chi connectivity index (χ2n) is 4.99. The highest BCUT2D eigenvalue weighted by Crippen LogP contribution is 2.18. The van der Waals surface area contributed by atoms with E-state index in [0.29, 0.717) is 4.68 Å². The molecule has 0 radical (unpaired) electrons. The van der Waals surface area contributed by atoms with E-state index in [2.05, 4.69) is 15.7 Å². The Labute approximate surface area is 133 Å². The number of anilines is 2. The lowest BCUT2D eigenvalue weighted by molar-refractivity contribution is -0.142. The summed E-state index contributed by atoms with van der Waals surface area (Å²) in [5.41, 5.74) is -0.337. The molecule has 5 nitrogen and oxygen atoms in total. The highest BCUT2D eigenvalue weighted by molar-refractivity contribution is 5.96. The zero-order chi connectivity index (χ0) is 17.9. The second kappa shape index (κ2) is 6.85. The van der Waals surface area contributed by atoms with Gasteiger partial charge in [-0.1, -0.05) is 0 Å². The van der Waals surface area contributed by atoms with Gasteiger partial charge in [0.25, 0.3) is 0 Å². The summed E-state index contributed by atoms with van der Waals surface area (Å²) in [5.74, 6) is -2.20. The average molecular weight is 348 g/mol. The standard InChI is InChI=1S/C14H13F5N4O/c1-8(13(24)21-11-6-9(15)2-3-10(11)16)20-12-4-5-23(22-12)7-14(17,18)19/h2-6,8H,7H2,1H3,(H,20,22)(H,21,24). The molecule has 0 saturated carbocycles. The summed E-state index contributed by atoms with van der Waals surface area (Å²) < 4.78 is 63.9. The summed E-state index contributed by atoms with van der Waals surface area (Å²) in [6, 6.07) is 2.90.